The Labute approximate surface area is 101 Å². The summed E-state index contributed by atoms with van der Waals surface area (Å²) in [6.45, 7) is -1.28. The Morgan fingerprint density at radius 3 is 2.33 bits per heavy atom. The van der Waals surface area contributed by atoms with Crippen molar-refractivity contribution in [2.24, 2.45) is 0 Å². The Bertz CT molecular complexity index is 448. The van der Waals surface area contributed by atoms with Crippen LogP contribution >= 0.6 is 0 Å². The van der Waals surface area contributed by atoms with Gasteiger partial charge in [0.15, 0.2) is 0 Å². The minimum atomic E-state index is -4.42. The van der Waals surface area contributed by atoms with Crippen LogP contribution in [-0.4, -0.2) is 18.8 Å². The molecule has 96 valence electrons. The fourth-order valence-corrected chi connectivity index (χ4v) is 1.12. The van der Waals surface area contributed by atoms with Gasteiger partial charge in [0.1, 0.15) is 6.54 Å². The molecule has 0 heterocycles. The SMILES string of the molecule is N#Cc1ccc(CNC(=O)NCC(F)(F)F)cc1. The normalized spacial score (nSPS) is 10.6. The van der Waals surface area contributed by atoms with Gasteiger partial charge in [-0.25, -0.2) is 4.79 Å². The van der Waals surface area contributed by atoms with Crippen molar-refractivity contribution in [1.82, 2.24) is 10.6 Å². The standard InChI is InChI=1S/C11H10F3N3O/c12-11(13,14)7-17-10(18)16-6-9-3-1-8(5-15)2-4-9/h1-4H,6-7H2,(H2,16,17,18). The van der Waals surface area contributed by atoms with Crippen molar-refractivity contribution in [1.29, 1.82) is 5.26 Å². The first-order valence-corrected chi connectivity index (χ1v) is 4.98. The number of urea groups is 1. The van der Waals surface area contributed by atoms with Crippen LogP contribution in [-0.2, 0) is 6.54 Å². The second-order valence-electron chi connectivity index (χ2n) is 3.46. The molecular formula is C11H10F3N3O. The summed E-state index contributed by atoms with van der Waals surface area (Å²) in [5.41, 5.74) is 1.16. The molecule has 7 heteroatoms. The fraction of sp³-hybridized carbons (Fsp3) is 0.273. The third-order valence-corrected chi connectivity index (χ3v) is 1.99. The number of amides is 2. The van der Waals surface area contributed by atoms with E-state index in [-0.39, 0.29) is 6.54 Å². The summed E-state index contributed by atoms with van der Waals surface area (Å²) < 4.78 is 35.4. The molecule has 0 atom stereocenters. The molecule has 1 rings (SSSR count). The molecule has 0 aromatic heterocycles. The van der Waals surface area contributed by atoms with Crippen molar-refractivity contribution in [3.8, 4) is 6.07 Å². The highest BCUT2D eigenvalue weighted by molar-refractivity contribution is 5.73. The van der Waals surface area contributed by atoms with Crippen LogP contribution in [0.3, 0.4) is 0 Å². The number of nitrogens with one attached hydrogen (secondary N) is 2. The number of benzene rings is 1. The summed E-state index contributed by atoms with van der Waals surface area (Å²) in [6, 6.07) is 7.39. The Hall–Kier alpha value is -2.23. The molecule has 0 radical (unpaired) electrons. The van der Waals surface area contributed by atoms with Crippen LogP contribution in [0.1, 0.15) is 11.1 Å². The van der Waals surface area contributed by atoms with E-state index in [1.54, 1.807) is 29.6 Å². The summed E-state index contributed by atoms with van der Waals surface area (Å²) in [6.07, 6.45) is -4.42. The number of halogens is 3. The van der Waals surface area contributed by atoms with Gasteiger partial charge >= 0.3 is 12.2 Å². The average molecular weight is 257 g/mol. The van der Waals surface area contributed by atoms with E-state index < -0.39 is 18.8 Å². The molecule has 2 amide bonds. The summed E-state index contributed by atoms with van der Waals surface area (Å²) in [5, 5.41) is 12.5. The van der Waals surface area contributed by atoms with Gasteiger partial charge in [0.25, 0.3) is 0 Å². The second kappa shape index (κ2) is 5.91. The number of hydrogen-bond donors (Lipinski definition) is 2. The van der Waals surface area contributed by atoms with Crippen LogP contribution in [0.5, 0.6) is 0 Å². The van der Waals surface area contributed by atoms with Crippen molar-refractivity contribution in [3.05, 3.63) is 35.4 Å². The molecule has 0 spiro atoms. The lowest BCUT2D eigenvalue weighted by Gasteiger charge is -2.09. The molecule has 0 aliphatic rings. The monoisotopic (exact) mass is 257 g/mol. The van der Waals surface area contributed by atoms with Gasteiger partial charge in [-0.15, -0.1) is 0 Å². The highest BCUT2D eigenvalue weighted by atomic mass is 19.4. The molecule has 0 unspecified atom stereocenters. The Kier molecular flexibility index (Phi) is 4.54. The zero-order valence-electron chi connectivity index (χ0n) is 9.21. The first-order valence-electron chi connectivity index (χ1n) is 4.98. The average Bonchev–Trinajstić information content (AvgIpc) is 2.33. The van der Waals surface area contributed by atoms with Crippen molar-refractivity contribution >= 4 is 6.03 Å². The van der Waals surface area contributed by atoms with Gasteiger partial charge in [0, 0.05) is 6.54 Å². The minimum Gasteiger partial charge on any atom is -0.334 e. The number of carbonyl (C=O) groups excluding carboxylic acids is 1. The lowest BCUT2D eigenvalue weighted by Crippen LogP contribution is -2.40. The minimum absolute atomic E-state index is 0.0927. The van der Waals surface area contributed by atoms with E-state index in [2.05, 4.69) is 5.32 Å². The highest BCUT2D eigenvalue weighted by Gasteiger charge is 2.27. The number of nitriles is 1. The zero-order chi connectivity index (χ0) is 13.6. The van der Waals surface area contributed by atoms with E-state index in [1.807, 2.05) is 6.07 Å². The third-order valence-electron chi connectivity index (χ3n) is 1.99. The van der Waals surface area contributed by atoms with Crippen molar-refractivity contribution in [2.75, 3.05) is 6.54 Å². The fourth-order valence-electron chi connectivity index (χ4n) is 1.12. The van der Waals surface area contributed by atoms with Crippen LogP contribution in [0, 0.1) is 11.3 Å². The Morgan fingerprint density at radius 1 is 1.22 bits per heavy atom. The van der Waals surface area contributed by atoms with Crippen LogP contribution in [0.25, 0.3) is 0 Å². The van der Waals surface area contributed by atoms with Crippen molar-refractivity contribution in [2.45, 2.75) is 12.7 Å². The number of carbonyl (C=O) groups is 1. The highest BCUT2D eigenvalue weighted by Crippen LogP contribution is 2.11. The molecule has 0 fully saturated rings. The molecule has 18 heavy (non-hydrogen) atoms. The molecule has 0 bridgehead atoms. The Morgan fingerprint density at radius 2 is 1.83 bits per heavy atom. The van der Waals surface area contributed by atoms with Crippen LogP contribution in [0.2, 0.25) is 0 Å². The first-order chi connectivity index (χ1) is 8.40. The molecule has 0 aliphatic carbocycles. The van der Waals surface area contributed by atoms with Gasteiger partial charge in [-0.3, -0.25) is 0 Å². The lowest BCUT2D eigenvalue weighted by atomic mass is 10.1. The van der Waals surface area contributed by atoms with Gasteiger partial charge in [0.2, 0.25) is 0 Å². The number of hydrogen-bond acceptors (Lipinski definition) is 2. The molecule has 1 aromatic carbocycles. The van der Waals surface area contributed by atoms with Gasteiger partial charge in [0.05, 0.1) is 11.6 Å². The second-order valence-corrected chi connectivity index (χ2v) is 3.46. The quantitative estimate of drug-likeness (QED) is 0.868. The van der Waals surface area contributed by atoms with Gasteiger partial charge in [-0.05, 0) is 17.7 Å². The maximum Gasteiger partial charge on any atom is 0.405 e. The third kappa shape index (κ3) is 5.21. The molecular weight excluding hydrogens is 247 g/mol. The predicted octanol–water partition coefficient (Wildman–Crippen LogP) is 1.92. The molecule has 0 aliphatic heterocycles. The van der Waals surface area contributed by atoms with Crippen molar-refractivity contribution < 1.29 is 18.0 Å². The summed E-state index contributed by atoms with van der Waals surface area (Å²) in [4.78, 5) is 11.0. The number of nitrogens with zero attached hydrogens (tertiary/aromatic N) is 1. The van der Waals surface area contributed by atoms with E-state index in [0.29, 0.717) is 11.1 Å². The zero-order valence-corrected chi connectivity index (χ0v) is 9.21. The maximum absolute atomic E-state index is 11.8. The smallest absolute Gasteiger partial charge is 0.334 e. The van der Waals surface area contributed by atoms with Gasteiger partial charge < -0.3 is 10.6 Å². The first kappa shape index (κ1) is 13.8. The Balaban J connectivity index is 2.36. The van der Waals surface area contributed by atoms with Gasteiger partial charge in [-0.2, -0.15) is 18.4 Å². The topological polar surface area (TPSA) is 64.9 Å². The molecule has 4 nitrogen and oxygen atoms in total. The predicted molar refractivity (Wildman–Crippen MR) is 57.5 cm³/mol. The lowest BCUT2D eigenvalue weighted by molar-refractivity contribution is -0.122. The summed E-state index contributed by atoms with van der Waals surface area (Å²) >= 11 is 0. The molecule has 1 aromatic rings. The van der Waals surface area contributed by atoms with Gasteiger partial charge in [-0.1, -0.05) is 12.1 Å². The van der Waals surface area contributed by atoms with E-state index in [4.69, 9.17) is 5.26 Å². The summed E-state index contributed by atoms with van der Waals surface area (Å²) in [7, 11) is 0. The van der Waals surface area contributed by atoms with E-state index in [1.165, 1.54) is 0 Å². The summed E-state index contributed by atoms with van der Waals surface area (Å²) in [5.74, 6) is 0. The van der Waals surface area contributed by atoms with E-state index in [9.17, 15) is 18.0 Å². The number of rotatable bonds is 3. The molecule has 0 saturated carbocycles. The van der Waals surface area contributed by atoms with E-state index >= 15 is 0 Å². The van der Waals surface area contributed by atoms with E-state index in [0.717, 1.165) is 0 Å². The molecule has 2 N–H and O–H groups in total. The number of alkyl halides is 3. The van der Waals surface area contributed by atoms with Crippen LogP contribution < -0.4 is 10.6 Å². The van der Waals surface area contributed by atoms with Crippen molar-refractivity contribution in [3.63, 3.8) is 0 Å². The molecule has 0 saturated heterocycles. The largest absolute Gasteiger partial charge is 0.405 e. The maximum atomic E-state index is 11.8. The van der Waals surface area contributed by atoms with Crippen LogP contribution in [0.4, 0.5) is 18.0 Å². The van der Waals surface area contributed by atoms with Crippen LogP contribution in [0.15, 0.2) is 24.3 Å².